The van der Waals surface area contributed by atoms with Gasteiger partial charge in [-0.25, -0.2) is 18.1 Å². The Morgan fingerprint density at radius 1 is 1.03 bits per heavy atom. The predicted octanol–water partition coefficient (Wildman–Crippen LogP) is 1.82. The molecule has 2 aliphatic rings. The van der Waals surface area contributed by atoms with Gasteiger partial charge in [-0.1, -0.05) is 30.3 Å². The molecular weight excluding hydrogens is 418 g/mol. The van der Waals surface area contributed by atoms with E-state index in [-0.39, 0.29) is 35.4 Å². The smallest absolute Gasteiger partial charge is 0.309 e. The van der Waals surface area contributed by atoms with Crippen LogP contribution in [0.1, 0.15) is 17.3 Å². The summed E-state index contributed by atoms with van der Waals surface area (Å²) in [6.07, 6.45) is 0. The van der Waals surface area contributed by atoms with Crippen molar-refractivity contribution in [3.05, 3.63) is 60.2 Å². The minimum absolute atomic E-state index is 0.0593. The Labute approximate surface area is 181 Å². The molecule has 8 nitrogen and oxygen atoms in total. The summed E-state index contributed by atoms with van der Waals surface area (Å²) in [4.78, 5) is 42.4. The summed E-state index contributed by atoms with van der Waals surface area (Å²) in [5.74, 6) is -0.568. The second-order valence-corrected chi connectivity index (χ2v) is 9.81. The van der Waals surface area contributed by atoms with E-state index in [0.29, 0.717) is 24.3 Å². The van der Waals surface area contributed by atoms with E-state index in [1.807, 2.05) is 4.90 Å². The third kappa shape index (κ3) is 4.11. The lowest BCUT2D eigenvalue weighted by Gasteiger charge is -2.35. The Morgan fingerprint density at radius 2 is 1.77 bits per heavy atom. The quantitative estimate of drug-likeness (QED) is 0.501. The molecule has 0 spiro atoms. The standard InChI is InChI=1S/C22H23N3O5S/c1-16(26)17-6-5-7-18(14-17)25-21(27)20-15-23(10-11-24(20)22(25)28)12-13-31(29,30)19-8-3-2-4-9-19/h2-9,14,20H,10-13,15H2,1H3. The summed E-state index contributed by atoms with van der Waals surface area (Å²) in [7, 11) is -3.42. The molecule has 0 N–H and O–H groups in total. The number of anilines is 1. The average Bonchev–Trinajstić information content (AvgIpc) is 3.02. The molecule has 3 amide bonds. The van der Waals surface area contributed by atoms with E-state index in [0.717, 1.165) is 4.90 Å². The number of piperazine rings is 1. The van der Waals surface area contributed by atoms with Crippen LogP contribution in [-0.4, -0.2) is 73.9 Å². The van der Waals surface area contributed by atoms with Crippen molar-refractivity contribution in [2.45, 2.75) is 17.9 Å². The fraction of sp³-hybridized carbons (Fsp3) is 0.318. The van der Waals surface area contributed by atoms with Gasteiger partial charge >= 0.3 is 6.03 Å². The number of sulfone groups is 1. The fourth-order valence-electron chi connectivity index (χ4n) is 3.95. The van der Waals surface area contributed by atoms with E-state index in [1.165, 1.54) is 11.8 Å². The van der Waals surface area contributed by atoms with E-state index in [2.05, 4.69) is 0 Å². The molecule has 1 unspecified atom stereocenters. The third-order valence-corrected chi connectivity index (χ3v) is 7.41. The van der Waals surface area contributed by atoms with Crippen LogP contribution < -0.4 is 4.90 Å². The van der Waals surface area contributed by atoms with Gasteiger partial charge in [0.05, 0.1) is 16.3 Å². The molecule has 0 saturated carbocycles. The number of urea groups is 1. The number of carbonyl (C=O) groups is 3. The van der Waals surface area contributed by atoms with Gasteiger partial charge in [-0.05, 0) is 31.2 Å². The number of fused-ring (bicyclic) bond motifs is 1. The van der Waals surface area contributed by atoms with Crippen LogP contribution in [0.15, 0.2) is 59.5 Å². The molecule has 9 heteroatoms. The molecule has 2 aromatic carbocycles. The summed E-state index contributed by atoms with van der Waals surface area (Å²) in [6, 6.07) is 13.6. The lowest BCUT2D eigenvalue weighted by Crippen LogP contribution is -2.53. The second-order valence-electron chi connectivity index (χ2n) is 7.70. The minimum atomic E-state index is -3.42. The van der Waals surface area contributed by atoms with E-state index in [9.17, 15) is 22.8 Å². The topological polar surface area (TPSA) is 95.1 Å². The van der Waals surface area contributed by atoms with Gasteiger partial charge < -0.3 is 4.90 Å². The van der Waals surface area contributed by atoms with E-state index in [4.69, 9.17) is 0 Å². The second kappa shape index (κ2) is 8.24. The van der Waals surface area contributed by atoms with Gasteiger partial charge in [0.25, 0.3) is 5.91 Å². The maximum atomic E-state index is 13.0. The molecule has 1 atom stereocenters. The highest BCUT2D eigenvalue weighted by atomic mass is 32.2. The molecule has 2 heterocycles. The van der Waals surface area contributed by atoms with Crippen LogP contribution >= 0.6 is 0 Å². The van der Waals surface area contributed by atoms with E-state index >= 15 is 0 Å². The van der Waals surface area contributed by atoms with Crippen LogP contribution in [0.3, 0.4) is 0 Å². The minimum Gasteiger partial charge on any atom is -0.309 e. The number of rotatable bonds is 6. The van der Waals surface area contributed by atoms with Gasteiger partial charge in [-0.15, -0.1) is 0 Å². The number of hydrogen-bond acceptors (Lipinski definition) is 6. The van der Waals surface area contributed by atoms with Gasteiger partial charge in [0.1, 0.15) is 6.04 Å². The van der Waals surface area contributed by atoms with E-state index in [1.54, 1.807) is 54.6 Å². The summed E-state index contributed by atoms with van der Waals surface area (Å²) in [5.41, 5.74) is 0.797. The Balaban J connectivity index is 1.46. The van der Waals surface area contributed by atoms with Crippen molar-refractivity contribution in [3.63, 3.8) is 0 Å². The molecule has 0 bridgehead atoms. The van der Waals surface area contributed by atoms with Crippen LogP contribution in [0.5, 0.6) is 0 Å². The molecule has 31 heavy (non-hydrogen) atoms. The van der Waals surface area contributed by atoms with Crippen molar-refractivity contribution in [2.75, 3.05) is 36.8 Å². The van der Waals surface area contributed by atoms with Crippen molar-refractivity contribution in [2.24, 2.45) is 0 Å². The first-order chi connectivity index (χ1) is 14.8. The lowest BCUT2D eigenvalue weighted by atomic mass is 10.1. The van der Waals surface area contributed by atoms with Gasteiger partial charge in [-0.3, -0.25) is 14.5 Å². The summed E-state index contributed by atoms with van der Waals surface area (Å²) in [6.45, 7) is 2.81. The Morgan fingerprint density at radius 3 is 2.48 bits per heavy atom. The van der Waals surface area contributed by atoms with Crippen molar-refractivity contribution in [1.82, 2.24) is 9.80 Å². The van der Waals surface area contributed by atoms with Gasteiger partial charge in [0.15, 0.2) is 15.6 Å². The SMILES string of the molecule is CC(=O)c1cccc(N2C(=O)C3CN(CCS(=O)(=O)c4ccccc4)CCN3C2=O)c1. The Hall–Kier alpha value is -3.04. The summed E-state index contributed by atoms with van der Waals surface area (Å²) in [5, 5.41) is 0. The largest absolute Gasteiger partial charge is 0.332 e. The van der Waals surface area contributed by atoms with Crippen LogP contribution in [0, 0.1) is 0 Å². The van der Waals surface area contributed by atoms with Crippen LogP contribution in [0.4, 0.5) is 10.5 Å². The maximum Gasteiger partial charge on any atom is 0.332 e. The highest BCUT2D eigenvalue weighted by molar-refractivity contribution is 7.91. The van der Waals surface area contributed by atoms with Crippen molar-refractivity contribution in [1.29, 1.82) is 0 Å². The van der Waals surface area contributed by atoms with Gasteiger partial charge in [-0.2, -0.15) is 0 Å². The number of Topliss-reactive ketones (excluding diaryl/α,β-unsaturated/α-hetero) is 1. The first kappa shape index (κ1) is 21.2. The highest BCUT2D eigenvalue weighted by Gasteiger charge is 2.48. The van der Waals surface area contributed by atoms with Gasteiger partial charge in [0.2, 0.25) is 0 Å². The number of amides is 3. The highest BCUT2D eigenvalue weighted by Crippen LogP contribution is 2.28. The molecule has 2 fully saturated rings. The van der Waals surface area contributed by atoms with Crippen molar-refractivity contribution in [3.8, 4) is 0 Å². The third-order valence-electron chi connectivity index (χ3n) is 5.70. The fourth-order valence-corrected chi connectivity index (χ4v) is 5.26. The number of ketones is 1. The molecule has 4 rings (SSSR count). The summed E-state index contributed by atoms with van der Waals surface area (Å²) >= 11 is 0. The first-order valence-electron chi connectivity index (χ1n) is 10.0. The Bertz CT molecular complexity index is 1130. The normalized spacial score (nSPS) is 19.6. The maximum absolute atomic E-state index is 13.0. The molecule has 0 radical (unpaired) electrons. The molecular formula is C22H23N3O5S. The first-order valence-corrected chi connectivity index (χ1v) is 11.7. The molecule has 162 valence electrons. The average molecular weight is 442 g/mol. The molecule has 2 saturated heterocycles. The Kier molecular flexibility index (Phi) is 5.63. The zero-order chi connectivity index (χ0) is 22.2. The number of hydrogen-bond donors (Lipinski definition) is 0. The molecule has 2 aliphatic heterocycles. The number of nitrogens with zero attached hydrogens (tertiary/aromatic N) is 3. The zero-order valence-corrected chi connectivity index (χ0v) is 17.9. The van der Waals surface area contributed by atoms with Crippen LogP contribution in [0.2, 0.25) is 0 Å². The number of benzene rings is 2. The molecule has 0 aromatic heterocycles. The monoisotopic (exact) mass is 441 g/mol. The van der Waals surface area contributed by atoms with Crippen molar-refractivity contribution >= 4 is 33.2 Å². The summed E-state index contributed by atoms with van der Waals surface area (Å²) < 4.78 is 25.1. The lowest BCUT2D eigenvalue weighted by molar-refractivity contribution is -0.121. The van der Waals surface area contributed by atoms with Gasteiger partial charge in [0, 0.05) is 31.7 Å². The number of imide groups is 1. The number of carbonyl (C=O) groups excluding carboxylic acids is 3. The van der Waals surface area contributed by atoms with Crippen LogP contribution in [-0.2, 0) is 14.6 Å². The van der Waals surface area contributed by atoms with Crippen molar-refractivity contribution < 1.29 is 22.8 Å². The van der Waals surface area contributed by atoms with E-state index < -0.39 is 21.9 Å². The molecule has 2 aromatic rings. The molecule has 0 aliphatic carbocycles. The predicted molar refractivity (Wildman–Crippen MR) is 115 cm³/mol. The van der Waals surface area contributed by atoms with Crippen LogP contribution in [0.25, 0.3) is 0 Å². The zero-order valence-electron chi connectivity index (χ0n) is 17.1.